The summed E-state index contributed by atoms with van der Waals surface area (Å²) in [7, 11) is -4.01. The van der Waals surface area contributed by atoms with Crippen molar-refractivity contribution in [2.45, 2.75) is 38.2 Å². The van der Waals surface area contributed by atoms with E-state index in [1.165, 1.54) is 6.92 Å². The number of esters is 1. The van der Waals surface area contributed by atoms with Crippen LogP contribution in [0.1, 0.15) is 36.2 Å². The van der Waals surface area contributed by atoms with E-state index < -0.39 is 27.4 Å². The van der Waals surface area contributed by atoms with E-state index >= 15 is 0 Å². The van der Waals surface area contributed by atoms with Gasteiger partial charge in [-0.15, -0.1) is 0 Å². The SMILES string of the molecule is CCC(C)OC(=O)c1cc(S(N)(=O)=O)cc(C)c1F. The van der Waals surface area contributed by atoms with Crippen LogP contribution >= 0.6 is 0 Å². The molecule has 1 unspecified atom stereocenters. The highest BCUT2D eigenvalue weighted by molar-refractivity contribution is 7.89. The number of hydrogen-bond acceptors (Lipinski definition) is 4. The summed E-state index contributed by atoms with van der Waals surface area (Å²) in [4.78, 5) is 11.5. The maximum atomic E-state index is 13.8. The molecule has 0 fully saturated rings. The van der Waals surface area contributed by atoms with E-state index in [4.69, 9.17) is 9.88 Å². The van der Waals surface area contributed by atoms with Gasteiger partial charge in [-0.3, -0.25) is 0 Å². The van der Waals surface area contributed by atoms with E-state index in [2.05, 4.69) is 0 Å². The summed E-state index contributed by atoms with van der Waals surface area (Å²) >= 11 is 0. The Morgan fingerprint density at radius 2 is 2.05 bits per heavy atom. The van der Waals surface area contributed by atoms with Gasteiger partial charge in [-0.2, -0.15) is 0 Å². The van der Waals surface area contributed by atoms with Crippen LogP contribution in [0.2, 0.25) is 0 Å². The van der Waals surface area contributed by atoms with Crippen LogP contribution in [0.15, 0.2) is 17.0 Å². The Morgan fingerprint density at radius 1 is 1.47 bits per heavy atom. The number of halogens is 1. The Bertz CT molecular complexity index is 598. The van der Waals surface area contributed by atoms with Gasteiger partial charge in [-0.25, -0.2) is 22.7 Å². The highest BCUT2D eigenvalue weighted by atomic mass is 32.2. The van der Waals surface area contributed by atoms with Crippen molar-refractivity contribution in [3.05, 3.63) is 29.1 Å². The molecular formula is C12H16FNO4S. The second-order valence-corrected chi connectivity index (χ2v) is 5.83. The fourth-order valence-electron chi connectivity index (χ4n) is 1.38. The monoisotopic (exact) mass is 289 g/mol. The van der Waals surface area contributed by atoms with Crippen LogP contribution in [0, 0.1) is 12.7 Å². The van der Waals surface area contributed by atoms with Gasteiger partial charge in [0.2, 0.25) is 10.0 Å². The lowest BCUT2D eigenvalue weighted by Crippen LogP contribution is -2.18. The summed E-state index contributed by atoms with van der Waals surface area (Å²) in [5.41, 5.74) is -0.410. The number of nitrogens with two attached hydrogens (primary N) is 1. The van der Waals surface area contributed by atoms with Gasteiger partial charge in [0.1, 0.15) is 5.82 Å². The topological polar surface area (TPSA) is 86.5 Å². The number of sulfonamides is 1. The maximum absolute atomic E-state index is 13.8. The number of hydrogen-bond donors (Lipinski definition) is 1. The van der Waals surface area contributed by atoms with Crippen molar-refractivity contribution in [3.63, 3.8) is 0 Å². The standard InChI is InChI=1S/C12H16FNO4S/c1-4-8(3)18-12(15)10-6-9(19(14,16)17)5-7(2)11(10)13/h5-6,8H,4H2,1-3H3,(H2,14,16,17). The maximum Gasteiger partial charge on any atom is 0.341 e. The zero-order valence-electron chi connectivity index (χ0n) is 10.9. The molecule has 0 aliphatic rings. The minimum Gasteiger partial charge on any atom is -0.459 e. The number of ether oxygens (including phenoxy) is 1. The average molecular weight is 289 g/mol. The number of carbonyl (C=O) groups excluding carboxylic acids is 1. The Balaban J connectivity index is 3.27. The number of primary sulfonamides is 1. The molecule has 1 aromatic rings. The quantitative estimate of drug-likeness (QED) is 0.855. The molecule has 0 amide bonds. The number of rotatable bonds is 4. The molecule has 0 heterocycles. The molecule has 106 valence electrons. The highest BCUT2D eigenvalue weighted by Gasteiger charge is 2.21. The second kappa shape index (κ2) is 5.66. The summed E-state index contributed by atoms with van der Waals surface area (Å²) in [5.74, 6) is -1.71. The number of aryl methyl sites for hydroxylation is 1. The van der Waals surface area contributed by atoms with Crippen LogP contribution in [0.4, 0.5) is 4.39 Å². The van der Waals surface area contributed by atoms with Crippen molar-refractivity contribution in [2.75, 3.05) is 0 Å². The Morgan fingerprint density at radius 3 is 2.53 bits per heavy atom. The van der Waals surface area contributed by atoms with Crippen LogP contribution < -0.4 is 5.14 Å². The van der Waals surface area contributed by atoms with E-state index in [0.29, 0.717) is 6.42 Å². The largest absolute Gasteiger partial charge is 0.459 e. The zero-order valence-corrected chi connectivity index (χ0v) is 11.8. The number of benzene rings is 1. The molecule has 0 aliphatic carbocycles. The summed E-state index contributed by atoms with van der Waals surface area (Å²) in [5, 5.41) is 4.97. The first-order chi connectivity index (χ1) is 8.66. The third kappa shape index (κ3) is 3.74. The molecule has 0 aliphatic heterocycles. The normalized spacial score (nSPS) is 13.1. The molecule has 7 heteroatoms. The van der Waals surface area contributed by atoms with E-state index in [-0.39, 0.29) is 16.6 Å². The summed E-state index contributed by atoms with van der Waals surface area (Å²) < 4.78 is 41.3. The Hall–Kier alpha value is -1.47. The predicted molar refractivity (Wildman–Crippen MR) is 67.7 cm³/mol. The first-order valence-electron chi connectivity index (χ1n) is 5.70. The van der Waals surface area contributed by atoms with E-state index in [0.717, 1.165) is 12.1 Å². The summed E-state index contributed by atoms with van der Waals surface area (Å²) in [6.45, 7) is 4.82. The van der Waals surface area contributed by atoms with E-state index in [9.17, 15) is 17.6 Å². The lowest BCUT2D eigenvalue weighted by Gasteiger charge is -2.12. The average Bonchev–Trinajstić information content (AvgIpc) is 2.30. The van der Waals surface area contributed by atoms with E-state index in [1.54, 1.807) is 13.8 Å². The Kier molecular flexibility index (Phi) is 4.65. The molecule has 1 atom stereocenters. The molecule has 2 N–H and O–H groups in total. The first-order valence-corrected chi connectivity index (χ1v) is 7.25. The van der Waals surface area contributed by atoms with Crippen LogP contribution in [0.5, 0.6) is 0 Å². The van der Waals surface area contributed by atoms with E-state index in [1.807, 2.05) is 0 Å². The van der Waals surface area contributed by atoms with Gasteiger partial charge >= 0.3 is 5.97 Å². The molecule has 5 nitrogen and oxygen atoms in total. The lowest BCUT2D eigenvalue weighted by atomic mass is 10.1. The molecule has 1 rings (SSSR count). The minimum atomic E-state index is -4.01. The van der Waals surface area contributed by atoms with Crippen molar-refractivity contribution in [1.29, 1.82) is 0 Å². The van der Waals surface area contributed by atoms with Crippen LogP contribution in [0.3, 0.4) is 0 Å². The zero-order chi connectivity index (χ0) is 14.8. The highest BCUT2D eigenvalue weighted by Crippen LogP contribution is 2.20. The van der Waals surface area contributed by atoms with Crippen molar-refractivity contribution >= 4 is 16.0 Å². The fraction of sp³-hybridized carbons (Fsp3) is 0.417. The van der Waals surface area contributed by atoms with Gasteiger partial charge < -0.3 is 4.74 Å². The van der Waals surface area contributed by atoms with Crippen LogP contribution in [0.25, 0.3) is 0 Å². The second-order valence-electron chi connectivity index (χ2n) is 4.27. The smallest absolute Gasteiger partial charge is 0.341 e. The molecule has 0 saturated carbocycles. The van der Waals surface area contributed by atoms with Crippen molar-refractivity contribution in [1.82, 2.24) is 0 Å². The molecule has 0 saturated heterocycles. The van der Waals surface area contributed by atoms with Crippen molar-refractivity contribution in [3.8, 4) is 0 Å². The predicted octanol–water partition coefficient (Wildman–Crippen LogP) is 1.74. The van der Waals surface area contributed by atoms with Gasteiger partial charge in [-0.1, -0.05) is 6.92 Å². The van der Waals surface area contributed by atoms with Crippen LogP contribution in [-0.2, 0) is 14.8 Å². The molecule has 1 aromatic carbocycles. The Labute approximate surface area is 111 Å². The van der Waals surface area contributed by atoms with Gasteiger partial charge in [0, 0.05) is 0 Å². The first kappa shape index (κ1) is 15.6. The van der Waals surface area contributed by atoms with Crippen molar-refractivity contribution in [2.24, 2.45) is 5.14 Å². The molecule has 0 bridgehead atoms. The van der Waals surface area contributed by atoms with Crippen LogP contribution in [-0.4, -0.2) is 20.5 Å². The molecular weight excluding hydrogens is 273 g/mol. The molecule has 0 radical (unpaired) electrons. The minimum absolute atomic E-state index is 0.0163. The van der Waals surface area contributed by atoms with Gasteiger partial charge in [0.15, 0.2) is 0 Å². The summed E-state index contributed by atoms with van der Waals surface area (Å²) in [6, 6.07) is 1.97. The van der Waals surface area contributed by atoms with Gasteiger partial charge in [0.05, 0.1) is 16.6 Å². The molecule has 0 spiro atoms. The molecule has 19 heavy (non-hydrogen) atoms. The molecule has 0 aromatic heterocycles. The third-order valence-corrected chi connectivity index (χ3v) is 3.55. The van der Waals surface area contributed by atoms with Crippen molar-refractivity contribution < 1.29 is 22.3 Å². The van der Waals surface area contributed by atoms with Gasteiger partial charge in [-0.05, 0) is 38.0 Å². The lowest BCUT2D eigenvalue weighted by molar-refractivity contribution is 0.0328. The summed E-state index contributed by atoms with van der Waals surface area (Å²) in [6.07, 6.45) is 0.187. The third-order valence-electron chi connectivity index (χ3n) is 2.66. The number of carbonyl (C=O) groups is 1. The van der Waals surface area contributed by atoms with Gasteiger partial charge in [0.25, 0.3) is 0 Å². The fourth-order valence-corrected chi connectivity index (χ4v) is 2.00.